The Balaban J connectivity index is 0.00000144. The molecule has 1 aromatic heterocycles. The molecule has 0 spiro atoms. The zero-order valence-electron chi connectivity index (χ0n) is 9.26. The van der Waals surface area contributed by atoms with Gasteiger partial charge < -0.3 is 5.11 Å². The third-order valence-corrected chi connectivity index (χ3v) is 2.24. The predicted molar refractivity (Wildman–Crippen MR) is 64.3 cm³/mol. The molecule has 2 aromatic rings. The van der Waals surface area contributed by atoms with Gasteiger partial charge in [0.25, 0.3) is 0 Å². The molecular formula is C13H12CuN2O. The summed E-state index contributed by atoms with van der Waals surface area (Å²) in [5.41, 5.74) is 1.70. The molecule has 2 rings (SSSR count). The van der Waals surface area contributed by atoms with Crippen molar-refractivity contribution in [2.75, 3.05) is 0 Å². The number of phenolic OH excluding ortho intramolecular Hbond substituents is 1. The van der Waals surface area contributed by atoms with Crippen LogP contribution in [0.3, 0.4) is 0 Å². The molecular weight excluding hydrogens is 264 g/mol. The van der Waals surface area contributed by atoms with Gasteiger partial charge in [-0.15, -0.1) is 0 Å². The first kappa shape index (κ1) is 13.4. The maximum atomic E-state index is 9.55. The smallest absolute Gasteiger partial charge is 0.154 e. The van der Waals surface area contributed by atoms with E-state index in [4.69, 9.17) is 0 Å². The Bertz CT molecular complexity index is 479. The number of pyridine rings is 1. The average molecular weight is 276 g/mol. The van der Waals surface area contributed by atoms with Crippen LogP contribution in [-0.4, -0.2) is 16.3 Å². The molecule has 0 aliphatic carbocycles. The first-order chi connectivity index (χ1) is 7.77. The third-order valence-electron chi connectivity index (χ3n) is 2.24. The van der Waals surface area contributed by atoms with E-state index in [9.17, 15) is 5.11 Å². The minimum atomic E-state index is 0. The summed E-state index contributed by atoms with van der Waals surface area (Å²) in [6.07, 6.45) is 3.31. The van der Waals surface area contributed by atoms with Crippen molar-refractivity contribution in [2.24, 2.45) is 4.99 Å². The normalized spacial score (nSPS) is 10.2. The van der Waals surface area contributed by atoms with Crippen LogP contribution < -0.4 is 0 Å². The molecule has 91 valence electrons. The Morgan fingerprint density at radius 2 is 1.94 bits per heavy atom. The van der Waals surface area contributed by atoms with Crippen molar-refractivity contribution in [1.29, 1.82) is 0 Å². The second-order valence-electron chi connectivity index (χ2n) is 3.46. The zero-order valence-corrected chi connectivity index (χ0v) is 10.2. The molecule has 0 unspecified atom stereocenters. The molecule has 0 bridgehead atoms. The Kier molecular flexibility index (Phi) is 4.88. The molecule has 0 saturated carbocycles. The molecule has 4 heteroatoms. The van der Waals surface area contributed by atoms with Gasteiger partial charge in [0.05, 0.1) is 0 Å². The van der Waals surface area contributed by atoms with Crippen LogP contribution in [0, 0.1) is 6.92 Å². The Morgan fingerprint density at radius 3 is 2.65 bits per heavy atom. The number of rotatable bonds is 2. The molecule has 0 aliphatic heterocycles. The van der Waals surface area contributed by atoms with Crippen molar-refractivity contribution < 1.29 is 22.2 Å². The number of aromatic nitrogens is 1. The number of hydrogen-bond donors (Lipinski definition) is 1. The van der Waals surface area contributed by atoms with Crippen molar-refractivity contribution in [1.82, 2.24) is 4.98 Å². The van der Waals surface area contributed by atoms with Crippen LogP contribution in [0.1, 0.15) is 11.1 Å². The first-order valence-corrected chi connectivity index (χ1v) is 5.01. The average Bonchev–Trinajstić information content (AvgIpc) is 2.30. The van der Waals surface area contributed by atoms with E-state index in [0.717, 1.165) is 5.56 Å². The van der Waals surface area contributed by atoms with Gasteiger partial charge in [-0.1, -0.05) is 18.2 Å². The molecule has 0 atom stereocenters. The molecule has 1 heterocycles. The van der Waals surface area contributed by atoms with Gasteiger partial charge in [-0.25, -0.2) is 9.98 Å². The monoisotopic (exact) mass is 275 g/mol. The van der Waals surface area contributed by atoms with Crippen LogP contribution in [0.25, 0.3) is 0 Å². The number of para-hydroxylation sites is 1. The fraction of sp³-hybridized carbons (Fsp3) is 0.0769. The first-order valence-electron chi connectivity index (χ1n) is 5.01. The van der Waals surface area contributed by atoms with Crippen LogP contribution in [0.4, 0.5) is 5.82 Å². The van der Waals surface area contributed by atoms with E-state index in [1.807, 2.05) is 25.1 Å². The molecule has 0 saturated heterocycles. The number of nitrogens with zero attached hydrogens (tertiary/aromatic N) is 2. The van der Waals surface area contributed by atoms with Gasteiger partial charge in [-0.05, 0) is 30.7 Å². The van der Waals surface area contributed by atoms with Crippen molar-refractivity contribution in [3.8, 4) is 5.75 Å². The number of aliphatic imine (C=N–C) groups is 1. The number of phenols is 1. The quantitative estimate of drug-likeness (QED) is 0.677. The maximum absolute atomic E-state index is 9.55. The standard InChI is InChI=1S/C13H12N2O.Cu/c1-10-5-4-8-14-13(10)15-9-11-6-2-3-7-12(11)16;/h2-9,16H,1H3;. The SMILES string of the molecule is Cc1cccnc1N=Cc1ccccc1O.[Cu]. The van der Waals surface area contributed by atoms with E-state index in [1.54, 1.807) is 30.6 Å². The molecule has 1 N–H and O–H groups in total. The number of benzene rings is 1. The molecule has 1 radical (unpaired) electrons. The molecule has 1 aromatic carbocycles. The minimum absolute atomic E-state index is 0. The van der Waals surface area contributed by atoms with Crippen LogP contribution in [0.5, 0.6) is 5.75 Å². The van der Waals surface area contributed by atoms with E-state index in [0.29, 0.717) is 11.4 Å². The van der Waals surface area contributed by atoms with Crippen LogP contribution in [0.15, 0.2) is 47.6 Å². The summed E-state index contributed by atoms with van der Waals surface area (Å²) >= 11 is 0. The maximum Gasteiger partial charge on any atom is 0.154 e. The van der Waals surface area contributed by atoms with Crippen molar-refractivity contribution in [3.63, 3.8) is 0 Å². The summed E-state index contributed by atoms with van der Waals surface area (Å²) in [4.78, 5) is 8.38. The van der Waals surface area contributed by atoms with E-state index in [-0.39, 0.29) is 22.8 Å². The van der Waals surface area contributed by atoms with Gasteiger partial charge in [0.1, 0.15) is 5.75 Å². The van der Waals surface area contributed by atoms with Crippen LogP contribution in [-0.2, 0) is 17.1 Å². The zero-order chi connectivity index (χ0) is 11.4. The number of aryl methyl sites for hydroxylation is 1. The fourth-order valence-corrected chi connectivity index (χ4v) is 1.34. The second kappa shape index (κ2) is 6.18. The van der Waals surface area contributed by atoms with Gasteiger partial charge in [0.2, 0.25) is 0 Å². The summed E-state index contributed by atoms with van der Waals surface area (Å²) in [5, 5.41) is 9.55. The molecule has 0 amide bonds. The van der Waals surface area contributed by atoms with Gasteiger partial charge >= 0.3 is 0 Å². The molecule has 17 heavy (non-hydrogen) atoms. The van der Waals surface area contributed by atoms with Crippen LogP contribution >= 0.6 is 0 Å². The molecule has 3 nitrogen and oxygen atoms in total. The topological polar surface area (TPSA) is 45.5 Å². The largest absolute Gasteiger partial charge is 0.507 e. The van der Waals surface area contributed by atoms with Crippen molar-refractivity contribution >= 4 is 12.0 Å². The fourth-order valence-electron chi connectivity index (χ4n) is 1.34. The van der Waals surface area contributed by atoms with Crippen molar-refractivity contribution in [2.45, 2.75) is 6.92 Å². The van der Waals surface area contributed by atoms with E-state index in [1.165, 1.54) is 0 Å². The van der Waals surface area contributed by atoms with Gasteiger partial charge in [-0.3, -0.25) is 0 Å². The predicted octanol–water partition coefficient (Wildman–Crippen LogP) is 2.84. The summed E-state index contributed by atoms with van der Waals surface area (Å²) in [7, 11) is 0. The van der Waals surface area contributed by atoms with Gasteiger partial charge in [-0.2, -0.15) is 0 Å². The van der Waals surface area contributed by atoms with Crippen LogP contribution in [0.2, 0.25) is 0 Å². The number of hydrogen-bond acceptors (Lipinski definition) is 3. The summed E-state index contributed by atoms with van der Waals surface area (Å²) in [6, 6.07) is 10.9. The summed E-state index contributed by atoms with van der Waals surface area (Å²) < 4.78 is 0. The molecule has 0 aliphatic rings. The summed E-state index contributed by atoms with van der Waals surface area (Å²) in [6.45, 7) is 1.95. The Labute approximate surface area is 111 Å². The van der Waals surface area contributed by atoms with E-state index >= 15 is 0 Å². The van der Waals surface area contributed by atoms with Gasteiger partial charge in [0.15, 0.2) is 5.82 Å². The minimum Gasteiger partial charge on any atom is -0.507 e. The van der Waals surface area contributed by atoms with Crippen molar-refractivity contribution in [3.05, 3.63) is 53.7 Å². The molecule has 0 fully saturated rings. The second-order valence-corrected chi connectivity index (χ2v) is 3.46. The van der Waals surface area contributed by atoms with Gasteiger partial charge in [0, 0.05) is 35.0 Å². The number of aromatic hydroxyl groups is 1. The third kappa shape index (κ3) is 3.41. The summed E-state index contributed by atoms with van der Waals surface area (Å²) in [5.74, 6) is 0.894. The van der Waals surface area contributed by atoms with E-state index in [2.05, 4.69) is 9.98 Å². The van der Waals surface area contributed by atoms with E-state index < -0.39 is 0 Å². The Hall–Kier alpha value is -1.64. The Morgan fingerprint density at radius 1 is 1.18 bits per heavy atom.